The van der Waals surface area contributed by atoms with Gasteiger partial charge in [-0.15, -0.1) is 0 Å². The van der Waals surface area contributed by atoms with Gasteiger partial charge in [-0.2, -0.15) is 9.97 Å². The van der Waals surface area contributed by atoms with Crippen LogP contribution < -0.4 is 31.3 Å². The van der Waals surface area contributed by atoms with E-state index in [1.54, 1.807) is 0 Å². The van der Waals surface area contributed by atoms with Crippen molar-refractivity contribution in [1.82, 2.24) is 15.0 Å². The van der Waals surface area contributed by atoms with E-state index in [2.05, 4.69) is 44.1 Å². The predicted octanol–water partition coefficient (Wildman–Crippen LogP) is 2.59. The van der Waals surface area contributed by atoms with Gasteiger partial charge < -0.3 is 31.3 Å². The maximum absolute atomic E-state index is 6.12. The van der Waals surface area contributed by atoms with Gasteiger partial charge >= 0.3 is 6.01 Å². The maximum atomic E-state index is 6.12. The summed E-state index contributed by atoms with van der Waals surface area (Å²) < 4.78 is 5.68. The van der Waals surface area contributed by atoms with Crippen LogP contribution in [0, 0.1) is 5.92 Å². The highest BCUT2D eigenvalue weighted by atomic mass is 16.5. The molecule has 0 amide bonds. The summed E-state index contributed by atoms with van der Waals surface area (Å²) >= 11 is 0. The largest absolute Gasteiger partial charge is 0.463 e. The quantitative estimate of drug-likeness (QED) is 0.520. The van der Waals surface area contributed by atoms with E-state index in [0.717, 1.165) is 67.7 Å². The second kappa shape index (κ2) is 10.00. The molecule has 2 aliphatic heterocycles. The third-order valence-corrected chi connectivity index (χ3v) is 6.07. The number of hydrogen-bond donors (Lipinski definition) is 3. The van der Waals surface area contributed by atoms with Crippen molar-refractivity contribution >= 4 is 23.1 Å². The minimum Gasteiger partial charge on any atom is -0.463 e. The summed E-state index contributed by atoms with van der Waals surface area (Å²) in [6.07, 6.45) is 7.50. The zero-order valence-electron chi connectivity index (χ0n) is 18.4. The number of nitrogen functional groups attached to an aromatic ring is 1. The van der Waals surface area contributed by atoms with Crippen molar-refractivity contribution in [2.24, 2.45) is 11.7 Å². The highest BCUT2D eigenvalue weighted by Crippen LogP contribution is 2.35. The molecule has 0 bridgehead atoms. The molecule has 0 atom stereocenters. The monoisotopic (exact) mass is 426 g/mol. The Morgan fingerprint density at radius 1 is 1.23 bits per heavy atom. The summed E-state index contributed by atoms with van der Waals surface area (Å²) in [5.74, 6) is 3.01. The van der Waals surface area contributed by atoms with E-state index in [4.69, 9.17) is 21.2 Å². The smallest absolute Gasteiger partial charge is 0.320 e. The Bertz CT molecular complexity index is 851. The molecule has 31 heavy (non-hydrogen) atoms. The number of anilines is 4. The number of fused-ring (bicyclic) bond motifs is 1. The van der Waals surface area contributed by atoms with E-state index in [-0.39, 0.29) is 0 Å². The van der Waals surface area contributed by atoms with E-state index >= 15 is 0 Å². The lowest BCUT2D eigenvalue weighted by atomic mass is 9.94. The lowest BCUT2D eigenvalue weighted by molar-refractivity contribution is 0.286. The molecular weight excluding hydrogens is 392 g/mol. The first-order valence-electron chi connectivity index (χ1n) is 11.4. The molecule has 5 N–H and O–H groups in total. The van der Waals surface area contributed by atoms with Crippen LogP contribution in [0.4, 0.5) is 23.1 Å². The van der Waals surface area contributed by atoms with E-state index in [9.17, 15) is 0 Å². The summed E-state index contributed by atoms with van der Waals surface area (Å²) in [4.78, 5) is 18.1. The third-order valence-electron chi connectivity index (χ3n) is 6.07. The van der Waals surface area contributed by atoms with E-state index in [0.29, 0.717) is 31.6 Å². The van der Waals surface area contributed by atoms with Crippen molar-refractivity contribution in [2.45, 2.75) is 45.6 Å². The lowest BCUT2D eigenvalue weighted by Gasteiger charge is -2.32. The Kier molecular flexibility index (Phi) is 6.91. The molecule has 4 heterocycles. The van der Waals surface area contributed by atoms with Crippen LogP contribution in [0.1, 0.15) is 44.6 Å². The van der Waals surface area contributed by atoms with Gasteiger partial charge in [0.15, 0.2) is 11.6 Å². The van der Waals surface area contributed by atoms with Crippen molar-refractivity contribution in [3.8, 4) is 6.01 Å². The van der Waals surface area contributed by atoms with Gasteiger partial charge in [0.05, 0.1) is 13.3 Å². The number of nitrogens with two attached hydrogens (primary N) is 2. The van der Waals surface area contributed by atoms with Crippen LogP contribution in [0.3, 0.4) is 0 Å². The summed E-state index contributed by atoms with van der Waals surface area (Å²) in [6.45, 7) is 6.93. The second-order valence-corrected chi connectivity index (χ2v) is 8.36. The highest BCUT2D eigenvalue weighted by Gasteiger charge is 2.25. The predicted molar refractivity (Wildman–Crippen MR) is 124 cm³/mol. The molecule has 0 unspecified atom stereocenters. The summed E-state index contributed by atoms with van der Waals surface area (Å²) in [6, 6.07) is 4.61. The van der Waals surface area contributed by atoms with Crippen LogP contribution >= 0.6 is 0 Å². The molecule has 9 nitrogen and oxygen atoms in total. The zero-order chi connectivity index (χ0) is 21.6. The normalized spacial score (nSPS) is 16.3. The van der Waals surface area contributed by atoms with Crippen molar-refractivity contribution < 1.29 is 4.74 Å². The summed E-state index contributed by atoms with van der Waals surface area (Å²) in [7, 11) is 0. The SMILES string of the molecule is CCCCOc1nc(N)c2c(n1)N(Cc1ccc(N3CCC(CCN)CC3)nc1)CN2. The third kappa shape index (κ3) is 5.10. The fourth-order valence-corrected chi connectivity index (χ4v) is 4.20. The van der Waals surface area contributed by atoms with Gasteiger partial charge in [-0.1, -0.05) is 19.4 Å². The number of hydrogen-bond acceptors (Lipinski definition) is 9. The Morgan fingerprint density at radius 3 is 2.77 bits per heavy atom. The van der Waals surface area contributed by atoms with Crippen molar-refractivity contribution in [1.29, 1.82) is 0 Å². The number of nitrogens with one attached hydrogen (secondary N) is 1. The molecule has 2 aromatic rings. The van der Waals surface area contributed by atoms with Gasteiger partial charge in [-0.05, 0) is 49.8 Å². The average Bonchev–Trinajstić information content (AvgIpc) is 3.18. The maximum Gasteiger partial charge on any atom is 0.320 e. The molecule has 1 fully saturated rings. The molecule has 2 aromatic heterocycles. The van der Waals surface area contributed by atoms with E-state index in [1.807, 2.05) is 6.20 Å². The minimum atomic E-state index is 0.338. The van der Waals surface area contributed by atoms with Crippen LogP contribution in [0.15, 0.2) is 18.3 Å². The van der Waals surface area contributed by atoms with Gasteiger partial charge in [-0.3, -0.25) is 0 Å². The van der Waals surface area contributed by atoms with Gasteiger partial charge in [0.2, 0.25) is 0 Å². The second-order valence-electron chi connectivity index (χ2n) is 8.36. The number of unbranched alkanes of at least 4 members (excludes halogenated alkanes) is 1. The van der Waals surface area contributed by atoms with E-state index in [1.165, 1.54) is 12.8 Å². The molecule has 168 valence electrons. The van der Waals surface area contributed by atoms with Crippen LogP contribution in [0.2, 0.25) is 0 Å². The van der Waals surface area contributed by atoms with Crippen molar-refractivity contribution in [2.75, 3.05) is 53.8 Å². The molecule has 0 radical (unpaired) electrons. The van der Waals surface area contributed by atoms with Crippen LogP contribution in [-0.4, -0.2) is 47.9 Å². The minimum absolute atomic E-state index is 0.338. The molecule has 0 aromatic carbocycles. The summed E-state index contributed by atoms with van der Waals surface area (Å²) in [5.41, 5.74) is 13.7. The zero-order valence-corrected chi connectivity index (χ0v) is 18.4. The van der Waals surface area contributed by atoms with Crippen molar-refractivity contribution in [3.05, 3.63) is 23.9 Å². The number of pyridine rings is 1. The number of rotatable bonds is 9. The van der Waals surface area contributed by atoms with Gasteiger partial charge in [0, 0.05) is 25.8 Å². The van der Waals surface area contributed by atoms with Gasteiger partial charge in [0.1, 0.15) is 11.5 Å². The van der Waals surface area contributed by atoms with Gasteiger partial charge in [0.25, 0.3) is 0 Å². The molecule has 2 aliphatic rings. The average molecular weight is 427 g/mol. The lowest BCUT2D eigenvalue weighted by Crippen LogP contribution is -2.34. The first kappa shape index (κ1) is 21.4. The molecule has 1 saturated heterocycles. The molecule has 0 spiro atoms. The first-order valence-corrected chi connectivity index (χ1v) is 11.4. The topological polar surface area (TPSA) is 118 Å². The fraction of sp³-hybridized carbons (Fsp3) is 0.591. The van der Waals surface area contributed by atoms with Crippen LogP contribution in [0.5, 0.6) is 6.01 Å². The first-order chi connectivity index (χ1) is 15.2. The standard InChI is InChI=1S/C22H34N8O/c1-2-3-12-31-22-27-20(24)19-21(28-22)30(15-26-19)14-17-4-5-18(25-13-17)29-10-7-16(6-9-23)8-11-29/h4-5,13,16,26H,2-3,6-12,14-15,23H2,1H3,(H2,24,27,28). The number of ether oxygens (including phenoxy) is 1. The Morgan fingerprint density at radius 2 is 2.06 bits per heavy atom. The Labute approximate surface area is 184 Å². The van der Waals surface area contributed by atoms with E-state index < -0.39 is 0 Å². The fourth-order valence-electron chi connectivity index (χ4n) is 4.20. The molecule has 4 rings (SSSR count). The molecule has 9 heteroatoms. The molecule has 0 saturated carbocycles. The summed E-state index contributed by atoms with van der Waals surface area (Å²) in [5, 5.41) is 3.29. The van der Waals surface area contributed by atoms with Crippen LogP contribution in [-0.2, 0) is 6.54 Å². The van der Waals surface area contributed by atoms with Crippen LogP contribution in [0.25, 0.3) is 0 Å². The van der Waals surface area contributed by atoms with Gasteiger partial charge in [-0.25, -0.2) is 4.98 Å². The Balaban J connectivity index is 1.38. The highest BCUT2D eigenvalue weighted by molar-refractivity contribution is 5.80. The number of aromatic nitrogens is 3. The van der Waals surface area contributed by atoms with Crippen molar-refractivity contribution in [3.63, 3.8) is 0 Å². The molecule has 0 aliphatic carbocycles. The number of nitrogens with zero attached hydrogens (tertiary/aromatic N) is 5. The molecular formula is C22H34N8O. The Hall–Kier alpha value is -2.81. The number of piperidine rings is 1.